The zero-order chi connectivity index (χ0) is 20.7. The number of fused-ring (bicyclic) bond motifs is 1. The molecule has 0 spiro atoms. The number of aromatic nitrogens is 2. The number of likely N-dealkylation sites (N-methyl/N-ethyl adjacent to an activating group) is 1. The van der Waals surface area contributed by atoms with Crippen molar-refractivity contribution in [2.75, 3.05) is 33.8 Å². The minimum Gasteiger partial charge on any atom is -0.376 e. The number of carbonyl (C=O) groups is 1. The fraction of sp³-hybridized carbons (Fsp3) is 0.583. The van der Waals surface area contributed by atoms with Gasteiger partial charge >= 0.3 is 0 Å². The Bertz CT molecular complexity index is 877. The Morgan fingerprint density at radius 3 is 2.70 bits per heavy atom. The van der Waals surface area contributed by atoms with Gasteiger partial charge in [0.25, 0.3) is 5.91 Å². The lowest BCUT2D eigenvalue weighted by Gasteiger charge is -2.41. The molecule has 3 aliphatic rings. The summed E-state index contributed by atoms with van der Waals surface area (Å²) >= 11 is 0. The highest BCUT2D eigenvalue weighted by molar-refractivity contribution is 5.95. The van der Waals surface area contributed by atoms with Gasteiger partial charge in [-0.05, 0) is 75.2 Å². The minimum absolute atomic E-state index is 0.145. The van der Waals surface area contributed by atoms with Crippen molar-refractivity contribution in [3.63, 3.8) is 0 Å². The molecule has 1 amide bonds. The van der Waals surface area contributed by atoms with Crippen LogP contribution in [0.3, 0.4) is 0 Å². The molecule has 2 heterocycles. The van der Waals surface area contributed by atoms with Crippen molar-refractivity contribution in [1.29, 1.82) is 0 Å². The summed E-state index contributed by atoms with van der Waals surface area (Å²) in [6.07, 6.45) is 8.78. The fourth-order valence-corrected chi connectivity index (χ4v) is 5.25. The number of H-pyrrole nitrogens is 1. The lowest BCUT2D eigenvalue weighted by atomic mass is 9.77. The van der Waals surface area contributed by atoms with Crippen molar-refractivity contribution in [1.82, 2.24) is 20.0 Å². The number of hydrogen-bond acceptors (Lipinski definition) is 4. The lowest BCUT2D eigenvalue weighted by Crippen LogP contribution is -2.48. The van der Waals surface area contributed by atoms with Gasteiger partial charge in [0.05, 0.1) is 12.3 Å². The summed E-state index contributed by atoms with van der Waals surface area (Å²) in [5.41, 5.74) is 2.79. The Balaban J connectivity index is 1.27. The normalized spacial score (nSPS) is 28.7. The van der Waals surface area contributed by atoms with Crippen molar-refractivity contribution in [2.24, 2.45) is 17.8 Å². The Labute approximate surface area is 178 Å². The molecule has 6 heteroatoms. The molecule has 1 aromatic heterocycles. The van der Waals surface area contributed by atoms with E-state index in [0.717, 1.165) is 55.1 Å². The molecule has 6 nitrogen and oxygen atoms in total. The summed E-state index contributed by atoms with van der Waals surface area (Å²) in [6, 6.07) is 8.35. The minimum atomic E-state index is 0.145. The number of carbonyl (C=O) groups excluding carboxylic acids is 1. The second-order valence-electron chi connectivity index (χ2n) is 9.62. The second kappa shape index (κ2) is 8.16. The molecule has 1 aliphatic heterocycles. The van der Waals surface area contributed by atoms with Gasteiger partial charge in [-0.25, -0.2) is 0 Å². The first kappa shape index (κ1) is 19.8. The molecule has 1 aromatic carbocycles. The highest BCUT2D eigenvalue weighted by atomic mass is 16.5. The van der Waals surface area contributed by atoms with Crippen LogP contribution in [0.25, 0.3) is 11.1 Å². The van der Waals surface area contributed by atoms with Crippen molar-refractivity contribution in [3.8, 4) is 11.1 Å². The Hall–Kier alpha value is -2.18. The van der Waals surface area contributed by atoms with Gasteiger partial charge in [-0.2, -0.15) is 5.10 Å². The van der Waals surface area contributed by atoms with E-state index in [4.69, 9.17) is 4.74 Å². The molecule has 1 saturated heterocycles. The number of hydrogen-bond donors (Lipinski definition) is 1. The third-order valence-electron chi connectivity index (χ3n) is 7.22. The van der Waals surface area contributed by atoms with Crippen LogP contribution in [-0.2, 0) is 4.74 Å². The summed E-state index contributed by atoms with van der Waals surface area (Å²) in [5.74, 6) is 2.05. The molecule has 0 radical (unpaired) electrons. The van der Waals surface area contributed by atoms with E-state index in [2.05, 4.69) is 34.1 Å². The van der Waals surface area contributed by atoms with E-state index >= 15 is 0 Å². The molecule has 3 fully saturated rings. The number of rotatable bonds is 6. The number of aromatic amines is 1. The fourth-order valence-electron chi connectivity index (χ4n) is 5.25. The topological polar surface area (TPSA) is 61.5 Å². The van der Waals surface area contributed by atoms with Crippen LogP contribution >= 0.6 is 0 Å². The average Bonchev–Trinajstić information content (AvgIpc) is 3.25. The van der Waals surface area contributed by atoms with E-state index in [1.54, 1.807) is 6.20 Å². The number of benzene rings is 1. The number of nitrogens with one attached hydrogen (secondary N) is 1. The molecular weight excluding hydrogens is 376 g/mol. The molecule has 0 bridgehead atoms. The van der Waals surface area contributed by atoms with Gasteiger partial charge in [0.2, 0.25) is 0 Å². The molecule has 160 valence electrons. The average molecular weight is 409 g/mol. The standard InChI is InChI=1S/C24H32N4O2/c1-27(2)22-9-19-13-28(14-20(19)10-23(22)30-15-16-6-7-16)24(29)18-5-3-4-17(8-18)21-11-25-26-12-21/h3-5,8,11-12,16,19-20,22-23H,6-7,9-10,13-15H2,1-2H3,(H,25,26)/t19-,20+,22-,23-/m1/s1. The van der Waals surface area contributed by atoms with Crippen molar-refractivity contribution < 1.29 is 9.53 Å². The molecular formula is C24H32N4O2. The van der Waals surface area contributed by atoms with Gasteiger partial charge < -0.3 is 14.5 Å². The van der Waals surface area contributed by atoms with Crippen LogP contribution in [0.15, 0.2) is 36.7 Å². The highest BCUT2D eigenvalue weighted by Crippen LogP contribution is 2.40. The zero-order valence-corrected chi connectivity index (χ0v) is 18.0. The molecule has 2 aliphatic carbocycles. The van der Waals surface area contributed by atoms with Gasteiger partial charge in [0.15, 0.2) is 0 Å². The first-order valence-electron chi connectivity index (χ1n) is 11.2. The quantitative estimate of drug-likeness (QED) is 0.797. The molecule has 5 rings (SSSR count). The number of amides is 1. The van der Waals surface area contributed by atoms with Gasteiger partial charge in [-0.1, -0.05) is 12.1 Å². The van der Waals surface area contributed by atoms with Crippen LogP contribution in [0.4, 0.5) is 0 Å². The van der Waals surface area contributed by atoms with Crippen LogP contribution in [0, 0.1) is 17.8 Å². The monoisotopic (exact) mass is 408 g/mol. The Morgan fingerprint density at radius 2 is 2.00 bits per heavy atom. The smallest absolute Gasteiger partial charge is 0.253 e. The molecule has 2 aromatic rings. The molecule has 0 unspecified atom stereocenters. The number of nitrogens with zero attached hydrogens (tertiary/aromatic N) is 3. The Kier molecular flexibility index (Phi) is 5.37. The molecule has 4 atom stereocenters. The van der Waals surface area contributed by atoms with Gasteiger partial charge in [-0.3, -0.25) is 9.89 Å². The summed E-state index contributed by atoms with van der Waals surface area (Å²) < 4.78 is 6.37. The summed E-state index contributed by atoms with van der Waals surface area (Å²) in [5, 5.41) is 6.86. The van der Waals surface area contributed by atoms with E-state index in [9.17, 15) is 4.79 Å². The highest BCUT2D eigenvalue weighted by Gasteiger charge is 2.45. The van der Waals surface area contributed by atoms with Crippen molar-refractivity contribution >= 4 is 5.91 Å². The van der Waals surface area contributed by atoms with E-state index in [1.807, 2.05) is 30.5 Å². The van der Waals surface area contributed by atoms with E-state index in [-0.39, 0.29) is 5.91 Å². The van der Waals surface area contributed by atoms with Gasteiger partial charge in [-0.15, -0.1) is 0 Å². The predicted molar refractivity (Wildman–Crippen MR) is 116 cm³/mol. The molecule has 2 saturated carbocycles. The maximum atomic E-state index is 13.3. The maximum Gasteiger partial charge on any atom is 0.253 e. The third kappa shape index (κ3) is 4.03. The van der Waals surface area contributed by atoms with E-state index in [1.165, 1.54) is 12.8 Å². The van der Waals surface area contributed by atoms with Crippen LogP contribution < -0.4 is 0 Å². The van der Waals surface area contributed by atoms with Crippen LogP contribution in [0.1, 0.15) is 36.0 Å². The number of likely N-dealkylation sites (tertiary alicyclic amines) is 1. The van der Waals surface area contributed by atoms with Crippen molar-refractivity contribution in [3.05, 3.63) is 42.2 Å². The lowest BCUT2D eigenvalue weighted by molar-refractivity contribution is -0.0493. The van der Waals surface area contributed by atoms with Gasteiger partial charge in [0, 0.05) is 43.1 Å². The Morgan fingerprint density at radius 1 is 1.20 bits per heavy atom. The summed E-state index contributed by atoms with van der Waals surface area (Å²) in [7, 11) is 4.33. The summed E-state index contributed by atoms with van der Waals surface area (Å²) in [4.78, 5) is 17.7. The predicted octanol–water partition coefficient (Wildman–Crippen LogP) is 3.28. The van der Waals surface area contributed by atoms with Crippen LogP contribution in [-0.4, -0.2) is 71.8 Å². The first-order chi connectivity index (χ1) is 14.6. The molecule has 1 N–H and O–H groups in total. The number of ether oxygens (including phenoxy) is 1. The zero-order valence-electron chi connectivity index (χ0n) is 18.0. The van der Waals surface area contributed by atoms with E-state index in [0.29, 0.717) is 24.0 Å². The second-order valence-corrected chi connectivity index (χ2v) is 9.62. The first-order valence-corrected chi connectivity index (χ1v) is 11.2. The SMILES string of the molecule is CN(C)[C@@H]1C[C@@H]2CN(C(=O)c3cccc(-c4cn[nH]c4)c3)C[C@@H]2C[C@H]1OCC1CC1. The third-order valence-corrected chi connectivity index (χ3v) is 7.22. The van der Waals surface area contributed by atoms with Gasteiger partial charge in [0.1, 0.15) is 0 Å². The summed E-state index contributed by atoms with van der Waals surface area (Å²) in [6.45, 7) is 2.62. The van der Waals surface area contributed by atoms with E-state index < -0.39 is 0 Å². The molecule has 30 heavy (non-hydrogen) atoms. The van der Waals surface area contributed by atoms with Crippen molar-refractivity contribution in [2.45, 2.75) is 37.8 Å². The maximum absolute atomic E-state index is 13.3. The van der Waals surface area contributed by atoms with Crippen LogP contribution in [0.5, 0.6) is 0 Å². The van der Waals surface area contributed by atoms with Crippen LogP contribution in [0.2, 0.25) is 0 Å². The largest absolute Gasteiger partial charge is 0.376 e.